The Morgan fingerprint density at radius 3 is 2.35 bits per heavy atom. The minimum atomic E-state index is -1.31. The van der Waals surface area contributed by atoms with E-state index < -0.39 is 48.2 Å². The van der Waals surface area contributed by atoms with E-state index in [1.807, 2.05) is 32.9 Å². The molecule has 0 bridgehead atoms. The number of amides is 3. The third-order valence-corrected chi connectivity index (χ3v) is 5.64. The molecule has 208 valence electrons. The Bertz CT molecular complexity index is 927. The van der Waals surface area contributed by atoms with Crippen LogP contribution in [0.25, 0.3) is 0 Å². The largest absolute Gasteiger partial charge is 0.466 e. The fraction of sp³-hybridized carbons (Fsp3) is 0.630. The molecule has 0 saturated heterocycles. The number of aliphatic hydroxyl groups excluding tert-OH is 1. The quantitative estimate of drug-likeness (QED) is 0.340. The molecule has 3 amide bonds. The lowest BCUT2D eigenvalue weighted by Crippen LogP contribution is -2.54. The van der Waals surface area contributed by atoms with Crippen LogP contribution in [0.4, 0.5) is 4.79 Å². The number of nitrogens with one attached hydrogen (secondary N) is 2. The van der Waals surface area contributed by atoms with Gasteiger partial charge >= 0.3 is 12.1 Å². The van der Waals surface area contributed by atoms with Crippen LogP contribution in [-0.2, 0) is 23.9 Å². The molecule has 0 aliphatic rings. The van der Waals surface area contributed by atoms with Crippen LogP contribution in [0.2, 0.25) is 0 Å². The monoisotopic (exact) mass is 521 g/mol. The lowest BCUT2D eigenvalue weighted by molar-refractivity contribution is -0.144. The first-order chi connectivity index (χ1) is 17.4. The number of carbonyl (C=O) groups is 4. The van der Waals surface area contributed by atoms with Crippen molar-refractivity contribution in [2.24, 2.45) is 0 Å². The zero-order valence-corrected chi connectivity index (χ0v) is 23.2. The molecule has 2 unspecified atom stereocenters. The molecule has 0 aromatic heterocycles. The van der Waals surface area contributed by atoms with Crippen molar-refractivity contribution in [3.05, 3.63) is 34.9 Å². The lowest BCUT2D eigenvalue weighted by Gasteiger charge is -2.35. The number of carbonyl (C=O) groups excluding carboxylic acids is 4. The number of alkyl carbamates (subject to hydrolysis) is 1. The number of aliphatic hydroxyl groups is 1. The first-order valence-electron chi connectivity index (χ1n) is 12.8. The summed E-state index contributed by atoms with van der Waals surface area (Å²) in [6, 6.07) is 3.14. The Hall–Kier alpha value is -3.14. The SMILES string of the molecule is CCCCN(C(=O)C(CO)NC(=O)OC(C)(C)C)C(C(=O)NCCC(=O)OCC)c1cccc(C)c1C. The molecule has 0 fully saturated rings. The summed E-state index contributed by atoms with van der Waals surface area (Å²) in [5.41, 5.74) is 1.60. The Kier molecular flexibility index (Phi) is 13.1. The zero-order chi connectivity index (χ0) is 28.2. The number of aryl methyl sites for hydroxylation is 1. The van der Waals surface area contributed by atoms with Gasteiger partial charge in [0.2, 0.25) is 11.8 Å². The molecule has 10 nitrogen and oxygen atoms in total. The Morgan fingerprint density at radius 2 is 1.78 bits per heavy atom. The smallest absolute Gasteiger partial charge is 0.408 e. The van der Waals surface area contributed by atoms with Gasteiger partial charge in [0, 0.05) is 13.1 Å². The van der Waals surface area contributed by atoms with E-state index in [1.165, 1.54) is 4.90 Å². The second-order valence-electron chi connectivity index (χ2n) is 9.80. The predicted octanol–water partition coefficient (Wildman–Crippen LogP) is 2.93. The number of benzene rings is 1. The molecule has 0 saturated carbocycles. The Balaban J connectivity index is 3.38. The fourth-order valence-corrected chi connectivity index (χ4v) is 3.67. The van der Waals surface area contributed by atoms with E-state index in [2.05, 4.69) is 10.6 Å². The number of unbranched alkanes of at least 4 members (excludes halogenated alkanes) is 1. The normalized spacial score (nSPS) is 12.8. The summed E-state index contributed by atoms with van der Waals surface area (Å²) in [7, 11) is 0. The highest BCUT2D eigenvalue weighted by atomic mass is 16.6. The van der Waals surface area contributed by atoms with Gasteiger partial charge in [-0.25, -0.2) is 4.79 Å². The van der Waals surface area contributed by atoms with Crippen LogP contribution in [-0.4, -0.2) is 71.8 Å². The summed E-state index contributed by atoms with van der Waals surface area (Å²) in [6.45, 7) is 12.3. The first-order valence-corrected chi connectivity index (χ1v) is 12.8. The van der Waals surface area contributed by atoms with Gasteiger partial charge in [-0.05, 0) is 64.7 Å². The molecule has 0 radical (unpaired) electrons. The van der Waals surface area contributed by atoms with E-state index in [-0.39, 0.29) is 26.1 Å². The summed E-state index contributed by atoms with van der Waals surface area (Å²) in [5, 5.41) is 15.2. The van der Waals surface area contributed by atoms with Crippen LogP contribution in [0, 0.1) is 13.8 Å². The van der Waals surface area contributed by atoms with E-state index in [0.29, 0.717) is 12.0 Å². The van der Waals surface area contributed by atoms with Crippen LogP contribution < -0.4 is 10.6 Å². The zero-order valence-electron chi connectivity index (χ0n) is 23.2. The van der Waals surface area contributed by atoms with E-state index in [9.17, 15) is 24.3 Å². The van der Waals surface area contributed by atoms with Crippen LogP contribution >= 0.6 is 0 Å². The van der Waals surface area contributed by atoms with Crippen LogP contribution in [0.15, 0.2) is 18.2 Å². The van der Waals surface area contributed by atoms with Gasteiger partial charge in [0.1, 0.15) is 17.7 Å². The van der Waals surface area contributed by atoms with Gasteiger partial charge < -0.3 is 30.1 Å². The maximum Gasteiger partial charge on any atom is 0.408 e. The third-order valence-electron chi connectivity index (χ3n) is 5.64. The molecule has 1 rings (SSSR count). The van der Waals surface area contributed by atoms with Crippen molar-refractivity contribution in [1.82, 2.24) is 15.5 Å². The van der Waals surface area contributed by atoms with E-state index in [4.69, 9.17) is 9.47 Å². The van der Waals surface area contributed by atoms with Crippen molar-refractivity contribution in [3.63, 3.8) is 0 Å². The molecular weight excluding hydrogens is 478 g/mol. The van der Waals surface area contributed by atoms with E-state index in [1.54, 1.807) is 33.8 Å². The summed E-state index contributed by atoms with van der Waals surface area (Å²) < 4.78 is 10.2. The van der Waals surface area contributed by atoms with Crippen LogP contribution in [0.5, 0.6) is 0 Å². The maximum absolute atomic E-state index is 13.7. The molecule has 37 heavy (non-hydrogen) atoms. The Labute approximate surface area is 220 Å². The maximum atomic E-state index is 13.7. The molecule has 0 aliphatic heterocycles. The summed E-state index contributed by atoms with van der Waals surface area (Å²) in [4.78, 5) is 52.7. The van der Waals surface area contributed by atoms with Gasteiger partial charge in [-0.2, -0.15) is 0 Å². The molecule has 3 N–H and O–H groups in total. The van der Waals surface area contributed by atoms with Gasteiger partial charge in [-0.1, -0.05) is 31.5 Å². The highest BCUT2D eigenvalue weighted by Gasteiger charge is 2.36. The minimum Gasteiger partial charge on any atom is -0.466 e. The minimum absolute atomic E-state index is 0.0124. The molecule has 1 aromatic carbocycles. The van der Waals surface area contributed by atoms with Gasteiger partial charge in [-0.15, -0.1) is 0 Å². The number of nitrogens with zero attached hydrogens (tertiary/aromatic N) is 1. The highest BCUT2D eigenvalue weighted by Crippen LogP contribution is 2.27. The van der Waals surface area contributed by atoms with Crippen molar-refractivity contribution < 1.29 is 33.8 Å². The second-order valence-corrected chi connectivity index (χ2v) is 9.80. The second kappa shape index (κ2) is 15.2. The molecule has 0 heterocycles. The number of hydrogen-bond donors (Lipinski definition) is 3. The van der Waals surface area contributed by atoms with E-state index >= 15 is 0 Å². The topological polar surface area (TPSA) is 134 Å². The number of ether oxygens (including phenoxy) is 2. The molecule has 0 spiro atoms. The van der Waals surface area contributed by atoms with Crippen LogP contribution in [0.1, 0.15) is 76.6 Å². The molecule has 2 atom stereocenters. The summed E-state index contributed by atoms with van der Waals surface area (Å²) in [5.74, 6) is -1.53. The number of esters is 1. The van der Waals surface area contributed by atoms with E-state index in [0.717, 1.165) is 17.5 Å². The van der Waals surface area contributed by atoms with Crippen molar-refractivity contribution in [3.8, 4) is 0 Å². The summed E-state index contributed by atoms with van der Waals surface area (Å²) in [6.07, 6.45) is 0.476. The van der Waals surface area contributed by atoms with Crippen molar-refractivity contribution in [2.75, 3.05) is 26.3 Å². The number of hydrogen-bond acceptors (Lipinski definition) is 7. The van der Waals surface area contributed by atoms with Crippen molar-refractivity contribution >= 4 is 23.9 Å². The van der Waals surface area contributed by atoms with Crippen molar-refractivity contribution in [1.29, 1.82) is 0 Å². The summed E-state index contributed by atoms with van der Waals surface area (Å²) >= 11 is 0. The standard InChI is InChI=1S/C27H43N3O7/c1-8-10-16-30(25(34)21(17-31)29-26(35)37-27(5,6)7)23(20-13-11-12-18(3)19(20)4)24(33)28-15-14-22(32)36-9-2/h11-13,21,23,31H,8-10,14-17H2,1-7H3,(H,28,33)(H,29,35). The fourth-order valence-electron chi connectivity index (χ4n) is 3.67. The van der Waals surface area contributed by atoms with Crippen LogP contribution in [0.3, 0.4) is 0 Å². The molecule has 1 aromatic rings. The lowest BCUT2D eigenvalue weighted by atomic mass is 9.95. The predicted molar refractivity (Wildman–Crippen MR) is 140 cm³/mol. The van der Waals surface area contributed by atoms with Gasteiger partial charge in [0.05, 0.1) is 19.6 Å². The van der Waals surface area contributed by atoms with Gasteiger partial charge in [-0.3, -0.25) is 14.4 Å². The number of rotatable bonds is 13. The van der Waals surface area contributed by atoms with Gasteiger partial charge in [0.25, 0.3) is 0 Å². The molecular formula is C27H43N3O7. The highest BCUT2D eigenvalue weighted by molar-refractivity contribution is 5.92. The molecule has 10 heteroatoms. The average molecular weight is 522 g/mol. The molecule has 0 aliphatic carbocycles. The Morgan fingerprint density at radius 1 is 1.11 bits per heavy atom. The van der Waals surface area contributed by atoms with Gasteiger partial charge in [0.15, 0.2) is 0 Å². The first kappa shape index (κ1) is 31.9. The van der Waals surface area contributed by atoms with Crippen molar-refractivity contribution in [2.45, 2.75) is 85.4 Å². The third kappa shape index (κ3) is 10.4. The average Bonchev–Trinajstić information content (AvgIpc) is 2.81.